The Hall–Kier alpha value is -1.32. The molecule has 0 radical (unpaired) electrons. The summed E-state index contributed by atoms with van der Waals surface area (Å²) in [6, 6.07) is 11.3. The third kappa shape index (κ3) is 5.88. The Morgan fingerprint density at radius 2 is 1.90 bits per heavy atom. The van der Waals surface area contributed by atoms with Crippen LogP contribution in [0, 0.1) is 0 Å². The van der Waals surface area contributed by atoms with Gasteiger partial charge in [0.15, 0.2) is 5.75 Å². The highest BCUT2D eigenvalue weighted by molar-refractivity contribution is 9.10. The van der Waals surface area contributed by atoms with E-state index in [1.807, 2.05) is 30.3 Å². The fourth-order valence-electron chi connectivity index (χ4n) is 2.75. The number of thioether (sulfide) groups is 1. The summed E-state index contributed by atoms with van der Waals surface area (Å²) >= 11 is 14.2. The van der Waals surface area contributed by atoms with Crippen LogP contribution in [0.25, 0.3) is 6.08 Å². The zero-order valence-electron chi connectivity index (χ0n) is 16.0. The number of ether oxygens (including phenoxy) is 2. The van der Waals surface area contributed by atoms with Gasteiger partial charge in [-0.2, -0.15) is 0 Å². The molecule has 0 unspecified atom stereocenters. The number of nitrogens with zero attached hydrogens (tertiary/aromatic N) is 1. The maximum Gasteiger partial charge on any atom is 0.293 e. The molecule has 1 saturated heterocycles. The van der Waals surface area contributed by atoms with E-state index in [0.717, 1.165) is 21.8 Å². The number of imide groups is 1. The van der Waals surface area contributed by atoms with Crippen LogP contribution in [-0.4, -0.2) is 36.3 Å². The van der Waals surface area contributed by atoms with E-state index in [1.54, 1.807) is 19.3 Å². The Bertz CT molecular complexity index is 958. The van der Waals surface area contributed by atoms with Crippen molar-refractivity contribution in [2.45, 2.75) is 13.0 Å². The van der Waals surface area contributed by atoms with Gasteiger partial charge in [0.2, 0.25) is 0 Å². The number of carbonyl (C=O) groups excluding carboxylic acids is 2. The molecular formula is C21H18Br2ClNO4S. The third-order valence-electron chi connectivity index (χ3n) is 4.22. The van der Waals surface area contributed by atoms with Crippen molar-refractivity contribution >= 4 is 72.4 Å². The number of rotatable bonds is 8. The summed E-state index contributed by atoms with van der Waals surface area (Å²) in [4.78, 5) is 26.3. The van der Waals surface area contributed by atoms with Crippen LogP contribution in [0.4, 0.5) is 4.79 Å². The molecule has 5 nitrogen and oxygen atoms in total. The van der Waals surface area contributed by atoms with Crippen LogP contribution in [0.15, 0.2) is 50.2 Å². The van der Waals surface area contributed by atoms with Gasteiger partial charge in [-0.3, -0.25) is 14.5 Å². The molecule has 2 aromatic carbocycles. The monoisotopic (exact) mass is 573 g/mol. The van der Waals surface area contributed by atoms with Crippen LogP contribution < -0.4 is 4.74 Å². The fourth-order valence-corrected chi connectivity index (χ4v) is 4.87. The molecule has 3 rings (SSSR count). The lowest BCUT2D eigenvalue weighted by Gasteiger charge is -2.12. The summed E-state index contributed by atoms with van der Waals surface area (Å²) in [5.41, 5.74) is 1.71. The van der Waals surface area contributed by atoms with E-state index in [9.17, 15) is 9.59 Å². The first kappa shape index (κ1) is 23.3. The van der Waals surface area contributed by atoms with E-state index in [2.05, 4.69) is 31.9 Å². The van der Waals surface area contributed by atoms with Crippen LogP contribution in [0.1, 0.15) is 17.5 Å². The normalized spacial score (nSPS) is 15.3. The minimum atomic E-state index is -0.302. The van der Waals surface area contributed by atoms with Gasteiger partial charge in [-0.15, -0.1) is 0 Å². The predicted molar refractivity (Wildman–Crippen MR) is 127 cm³/mol. The lowest BCUT2D eigenvalue weighted by molar-refractivity contribution is -0.122. The Kier molecular flexibility index (Phi) is 8.42. The van der Waals surface area contributed by atoms with E-state index in [0.29, 0.717) is 51.9 Å². The minimum absolute atomic E-state index is 0.276. The second-order valence-corrected chi connectivity index (χ2v) is 9.58. The number of halogens is 3. The Morgan fingerprint density at radius 3 is 2.57 bits per heavy atom. The molecule has 1 heterocycles. The molecule has 2 aromatic rings. The van der Waals surface area contributed by atoms with Crippen LogP contribution in [0.5, 0.6) is 5.75 Å². The van der Waals surface area contributed by atoms with E-state index in [1.165, 1.54) is 4.90 Å². The molecule has 0 aromatic heterocycles. The van der Waals surface area contributed by atoms with Crippen molar-refractivity contribution in [1.82, 2.24) is 4.90 Å². The predicted octanol–water partition coefficient (Wildman–Crippen LogP) is 6.52. The second-order valence-electron chi connectivity index (χ2n) is 6.41. The number of amides is 2. The van der Waals surface area contributed by atoms with E-state index in [-0.39, 0.29) is 11.1 Å². The Morgan fingerprint density at radius 1 is 1.17 bits per heavy atom. The number of carbonyl (C=O) groups is 2. The molecule has 158 valence electrons. The first-order chi connectivity index (χ1) is 14.4. The lowest BCUT2D eigenvalue weighted by Crippen LogP contribution is -2.29. The van der Waals surface area contributed by atoms with Crippen molar-refractivity contribution in [1.29, 1.82) is 0 Å². The molecule has 1 aliphatic heterocycles. The quantitative estimate of drug-likeness (QED) is 0.265. The highest BCUT2D eigenvalue weighted by Gasteiger charge is 2.34. The van der Waals surface area contributed by atoms with Gasteiger partial charge in [-0.05, 0) is 75.6 Å². The van der Waals surface area contributed by atoms with E-state index < -0.39 is 0 Å². The second kappa shape index (κ2) is 10.8. The van der Waals surface area contributed by atoms with Crippen LogP contribution in [0.2, 0.25) is 5.02 Å². The molecule has 30 heavy (non-hydrogen) atoms. The van der Waals surface area contributed by atoms with Crippen molar-refractivity contribution in [3.8, 4) is 5.75 Å². The van der Waals surface area contributed by atoms with E-state index >= 15 is 0 Å². The molecule has 2 amide bonds. The number of hydrogen-bond acceptors (Lipinski definition) is 5. The largest absolute Gasteiger partial charge is 0.486 e. The van der Waals surface area contributed by atoms with Gasteiger partial charge in [0.05, 0.1) is 14.4 Å². The van der Waals surface area contributed by atoms with Crippen molar-refractivity contribution in [2.75, 3.05) is 20.3 Å². The SMILES string of the molecule is COCCCN1C(=O)S/C(=C/c2cc(Cl)c(OCc3ccc(Br)cc3)c(Br)c2)C1=O. The van der Waals surface area contributed by atoms with Gasteiger partial charge in [-0.1, -0.05) is 39.7 Å². The third-order valence-corrected chi connectivity index (χ3v) is 6.52. The lowest BCUT2D eigenvalue weighted by atomic mass is 10.2. The summed E-state index contributed by atoms with van der Waals surface area (Å²) in [6.45, 7) is 1.19. The molecule has 0 spiro atoms. The highest BCUT2D eigenvalue weighted by Crippen LogP contribution is 2.38. The summed E-state index contributed by atoms with van der Waals surface area (Å²) in [5.74, 6) is 0.216. The summed E-state index contributed by atoms with van der Waals surface area (Å²) < 4.78 is 12.5. The average Bonchev–Trinajstić information content (AvgIpc) is 2.96. The smallest absolute Gasteiger partial charge is 0.293 e. The maximum absolute atomic E-state index is 12.5. The van der Waals surface area contributed by atoms with Crippen LogP contribution in [0.3, 0.4) is 0 Å². The fraction of sp³-hybridized carbons (Fsp3) is 0.238. The van der Waals surface area contributed by atoms with Gasteiger partial charge in [-0.25, -0.2) is 0 Å². The molecule has 0 saturated carbocycles. The maximum atomic E-state index is 12.5. The van der Waals surface area contributed by atoms with E-state index in [4.69, 9.17) is 21.1 Å². The van der Waals surface area contributed by atoms with Crippen molar-refractivity contribution in [3.05, 3.63) is 66.4 Å². The average molecular weight is 576 g/mol. The van der Waals surface area contributed by atoms with Gasteiger partial charge in [0.25, 0.3) is 11.1 Å². The molecule has 0 N–H and O–H groups in total. The molecule has 0 atom stereocenters. The van der Waals surface area contributed by atoms with Crippen molar-refractivity contribution in [2.24, 2.45) is 0 Å². The van der Waals surface area contributed by atoms with Gasteiger partial charge >= 0.3 is 0 Å². The van der Waals surface area contributed by atoms with Gasteiger partial charge < -0.3 is 9.47 Å². The van der Waals surface area contributed by atoms with Gasteiger partial charge in [0, 0.05) is 24.7 Å². The van der Waals surface area contributed by atoms with Crippen LogP contribution >= 0.6 is 55.2 Å². The Labute approximate surface area is 201 Å². The molecule has 0 bridgehead atoms. The van der Waals surface area contributed by atoms with Crippen molar-refractivity contribution < 1.29 is 19.1 Å². The van der Waals surface area contributed by atoms with Crippen LogP contribution in [-0.2, 0) is 16.1 Å². The van der Waals surface area contributed by atoms with Gasteiger partial charge in [0.1, 0.15) is 6.61 Å². The minimum Gasteiger partial charge on any atom is -0.486 e. The number of hydrogen-bond donors (Lipinski definition) is 0. The first-order valence-corrected chi connectivity index (χ1v) is 11.8. The molecule has 9 heteroatoms. The Balaban J connectivity index is 1.72. The number of benzene rings is 2. The summed E-state index contributed by atoms with van der Waals surface area (Å²) in [7, 11) is 1.58. The molecular weight excluding hydrogens is 558 g/mol. The zero-order valence-corrected chi connectivity index (χ0v) is 20.7. The topological polar surface area (TPSA) is 55.8 Å². The molecule has 0 aliphatic carbocycles. The number of methoxy groups -OCH3 is 1. The molecule has 1 aliphatic rings. The van der Waals surface area contributed by atoms with Crippen molar-refractivity contribution in [3.63, 3.8) is 0 Å². The summed E-state index contributed by atoms with van der Waals surface area (Å²) in [5, 5.41) is 0.133. The first-order valence-electron chi connectivity index (χ1n) is 8.99. The standard InChI is InChI=1S/C21H18Br2ClNO4S/c1-28-8-2-7-25-20(26)18(30-21(25)27)11-14-9-16(23)19(17(24)10-14)29-12-13-3-5-15(22)6-4-13/h3-6,9-11H,2,7-8,12H2,1H3/b18-11+. The zero-order chi connectivity index (χ0) is 21.7. The highest BCUT2D eigenvalue weighted by atomic mass is 79.9. The summed E-state index contributed by atoms with van der Waals surface area (Å²) in [6.07, 6.45) is 2.26. The molecule has 1 fully saturated rings.